The molecule has 11 heteroatoms. The van der Waals surface area contributed by atoms with Gasteiger partial charge in [-0.1, -0.05) is 18.2 Å². The van der Waals surface area contributed by atoms with Crippen LogP contribution in [0.25, 0.3) is 21.9 Å². The second kappa shape index (κ2) is 9.92. The number of pyridine rings is 1. The number of aromatic amines is 1. The van der Waals surface area contributed by atoms with E-state index in [9.17, 15) is 13.2 Å². The summed E-state index contributed by atoms with van der Waals surface area (Å²) in [7, 11) is -0.964. The number of aryl methyl sites for hydroxylation is 1. The Morgan fingerprint density at radius 1 is 0.919 bits per heavy atom. The van der Waals surface area contributed by atoms with Crippen molar-refractivity contribution in [1.82, 2.24) is 18.0 Å². The smallest absolute Gasteiger partial charge is 0.252 e. The molecule has 190 valence electrons. The maximum absolute atomic E-state index is 14.2. The third kappa shape index (κ3) is 4.80. The summed E-state index contributed by atoms with van der Waals surface area (Å²) in [6.45, 7) is 1.62. The number of hydrogen-bond acceptors (Lipinski definition) is 8. The van der Waals surface area contributed by atoms with Crippen molar-refractivity contribution in [3.8, 4) is 11.5 Å². The Morgan fingerprint density at radius 2 is 1.65 bits per heavy atom. The van der Waals surface area contributed by atoms with E-state index in [1.54, 1.807) is 81.8 Å². The van der Waals surface area contributed by atoms with Crippen molar-refractivity contribution < 1.29 is 17.9 Å². The maximum atomic E-state index is 14.2. The average molecular weight is 537 g/mol. The van der Waals surface area contributed by atoms with Gasteiger partial charge in [0.15, 0.2) is 0 Å². The Balaban J connectivity index is 1.63. The second-order valence-electron chi connectivity index (χ2n) is 8.54. The van der Waals surface area contributed by atoms with Gasteiger partial charge in [-0.05, 0) is 60.5 Å². The SMILES string of the molecule is COc1ccc(CN(Cc2cc3cc(OC)ccc3[nH]c2=O)S(=O)(=O)c2c(C)ccc3nsnc23)cc1. The normalized spacial score (nSPS) is 11.9. The zero-order valence-electron chi connectivity index (χ0n) is 20.4. The van der Waals surface area contributed by atoms with Crippen molar-refractivity contribution in [1.29, 1.82) is 0 Å². The topological polar surface area (TPSA) is 114 Å². The molecule has 5 aromatic rings. The molecule has 37 heavy (non-hydrogen) atoms. The largest absolute Gasteiger partial charge is 0.497 e. The van der Waals surface area contributed by atoms with Gasteiger partial charge in [0.25, 0.3) is 5.56 Å². The van der Waals surface area contributed by atoms with Gasteiger partial charge in [-0.25, -0.2) is 8.42 Å². The number of sulfonamides is 1. The van der Waals surface area contributed by atoms with E-state index in [4.69, 9.17) is 9.47 Å². The molecule has 0 fully saturated rings. The molecule has 0 radical (unpaired) electrons. The predicted octanol–water partition coefficient (Wildman–Crippen LogP) is 4.25. The second-order valence-corrected chi connectivity index (χ2v) is 10.9. The summed E-state index contributed by atoms with van der Waals surface area (Å²) < 4.78 is 48.7. The number of H-pyrrole nitrogens is 1. The van der Waals surface area contributed by atoms with E-state index in [-0.39, 0.29) is 23.5 Å². The number of methoxy groups -OCH3 is 2. The molecule has 0 bridgehead atoms. The van der Waals surface area contributed by atoms with Crippen LogP contribution in [0.2, 0.25) is 0 Å². The highest BCUT2D eigenvalue weighted by Crippen LogP contribution is 2.30. The summed E-state index contributed by atoms with van der Waals surface area (Å²) in [6, 6.07) is 17.6. The fourth-order valence-corrected chi connectivity index (χ4v) is 6.56. The van der Waals surface area contributed by atoms with Gasteiger partial charge in [0.1, 0.15) is 27.4 Å². The van der Waals surface area contributed by atoms with Crippen LogP contribution < -0.4 is 15.0 Å². The number of aromatic nitrogens is 3. The van der Waals surface area contributed by atoms with Crippen LogP contribution in [0.1, 0.15) is 16.7 Å². The molecule has 2 aromatic heterocycles. The zero-order valence-corrected chi connectivity index (χ0v) is 22.0. The molecule has 9 nitrogen and oxygen atoms in total. The number of benzene rings is 3. The highest BCUT2D eigenvalue weighted by atomic mass is 32.2. The summed E-state index contributed by atoms with van der Waals surface area (Å²) in [5, 5.41) is 0.734. The third-order valence-electron chi connectivity index (χ3n) is 6.17. The van der Waals surface area contributed by atoms with E-state index in [0.29, 0.717) is 39.2 Å². The summed E-state index contributed by atoms with van der Waals surface area (Å²) in [6.07, 6.45) is 0. The highest BCUT2D eigenvalue weighted by molar-refractivity contribution is 7.89. The average Bonchev–Trinajstić information content (AvgIpc) is 3.37. The predicted molar refractivity (Wildman–Crippen MR) is 143 cm³/mol. The third-order valence-corrected chi connectivity index (χ3v) is 8.68. The van der Waals surface area contributed by atoms with E-state index in [1.165, 1.54) is 4.31 Å². The lowest BCUT2D eigenvalue weighted by Crippen LogP contribution is -2.33. The Hall–Kier alpha value is -3.80. The molecule has 0 aliphatic heterocycles. The minimum atomic E-state index is -4.09. The number of nitrogens with one attached hydrogen (secondary N) is 1. The van der Waals surface area contributed by atoms with Crippen LogP contribution in [-0.4, -0.2) is 40.7 Å². The number of ether oxygens (including phenoxy) is 2. The monoisotopic (exact) mass is 536 g/mol. The quantitative estimate of drug-likeness (QED) is 0.315. The van der Waals surface area contributed by atoms with Crippen LogP contribution in [0.4, 0.5) is 0 Å². The van der Waals surface area contributed by atoms with Gasteiger partial charge in [-0.15, -0.1) is 0 Å². The summed E-state index contributed by atoms with van der Waals surface area (Å²) in [4.78, 5) is 16.0. The fourth-order valence-electron chi connectivity index (χ4n) is 4.21. The molecule has 3 aromatic carbocycles. The first-order valence-corrected chi connectivity index (χ1v) is 13.5. The van der Waals surface area contributed by atoms with Crippen LogP contribution in [0.3, 0.4) is 0 Å². The van der Waals surface area contributed by atoms with Crippen LogP contribution in [0.15, 0.2) is 70.4 Å². The van der Waals surface area contributed by atoms with E-state index in [1.807, 2.05) is 0 Å². The van der Waals surface area contributed by atoms with Gasteiger partial charge in [0, 0.05) is 29.6 Å². The molecule has 0 aliphatic carbocycles. The lowest BCUT2D eigenvalue weighted by Gasteiger charge is -2.23. The highest BCUT2D eigenvalue weighted by Gasteiger charge is 2.30. The van der Waals surface area contributed by atoms with Crippen molar-refractivity contribution in [3.63, 3.8) is 0 Å². The maximum Gasteiger partial charge on any atom is 0.252 e. The number of nitrogens with zero attached hydrogens (tertiary/aromatic N) is 3. The van der Waals surface area contributed by atoms with Crippen molar-refractivity contribution in [2.24, 2.45) is 0 Å². The molecule has 0 unspecified atom stereocenters. The molecule has 0 saturated carbocycles. The van der Waals surface area contributed by atoms with Gasteiger partial charge in [-0.2, -0.15) is 13.1 Å². The van der Waals surface area contributed by atoms with Crippen molar-refractivity contribution >= 4 is 43.7 Å². The standard InChI is InChI=1S/C26H24N4O5S2/c1-16-4-10-23-24(29-36-28-23)25(16)37(32,33)30(14-17-5-7-20(34-2)8-6-17)15-19-12-18-13-21(35-3)9-11-22(18)27-26(19)31/h4-13H,14-15H2,1-3H3,(H,27,31). The molecule has 1 N–H and O–H groups in total. The summed E-state index contributed by atoms with van der Waals surface area (Å²) in [5.41, 5.74) is 2.70. The lowest BCUT2D eigenvalue weighted by molar-refractivity contribution is 0.398. The summed E-state index contributed by atoms with van der Waals surface area (Å²) >= 11 is 0.959. The minimum absolute atomic E-state index is 0.0370. The first kappa shape index (κ1) is 24.9. The van der Waals surface area contributed by atoms with E-state index < -0.39 is 10.0 Å². The number of fused-ring (bicyclic) bond motifs is 2. The molecule has 0 spiro atoms. The summed E-state index contributed by atoms with van der Waals surface area (Å²) in [5.74, 6) is 1.29. The molecule has 0 atom stereocenters. The van der Waals surface area contributed by atoms with Crippen molar-refractivity contribution in [3.05, 3.63) is 87.7 Å². The van der Waals surface area contributed by atoms with Crippen molar-refractivity contribution in [2.75, 3.05) is 14.2 Å². The zero-order chi connectivity index (χ0) is 26.2. The van der Waals surface area contributed by atoms with Gasteiger partial charge < -0.3 is 14.5 Å². The molecular formula is C26H24N4O5S2. The van der Waals surface area contributed by atoms with Crippen LogP contribution >= 0.6 is 11.7 Å². The Morgan fingerprint density at radius 3 is 2.38 bits per heavy atom. The van der Waals surface area contributed by atoms with Gasteiger partial charge in [-0.3, -0.25) is 4.79 Å². The molecular weight excluding hydrogens is 512 g/mol. The van der Waals surface area contributed by atoms with Crippen LogP contribution in [-0.2, 0) is 23.1 Å². The number of rotatable bonds is 8. The molecule has 2 heterocycles. The molecule has 0 saturated heterocycles. The first-order chi connectivity index (χ1) is 17.8. The Bertz CT molecular complexity index is 1760. The van der Waals surface area contributed by atoms with Crippen molar-refractivity contribution in [2.45, 2.75) is 24.9 Å². The van der Waals surface area contributed by atoms with E-state index in [0.717, 1.165) is 22.7 Å². The number of hydrogen-bond donors (Lipinski definition) is 1. The lowest BCUT2D eigenvalue weighted by atomic mass is 10.1. The minimum Gasteiger partial charge on any atom is -0.497 e. The van der Waals surface area contributed by atoms with Crippen LogP contribution in [0, 0.1) is 6.92 Å². The molecule has 0 aliphatic rings. The van der Waals surface area contributed by atoms with Gasteiger partial charge in [0.05, 0.1) is 25.9 Å². The Kier molecular flexibility index (Phi) is 6.67. The van der Waals surface area contributed by atoms with E-state index in [2.05, 4.69) is 13.7 Å². The fraction of sp³-hybridized carbons (Fsp3) is 0.192. The first-order valence-electron chi connectivity index (χ1n) is 11.3. The van der Waals surface area contributed by atoms with Gasteiger partial charge in [0.2, 0.25) is 10.0 Å². The molecule has 0 amide bonds. The van der Waals surface area contributed by atoms with E-state index >= 15 is 0 Å². The van der Waals surface area contributed by atoms with Crippen LogP contribution in [0.5, 0.6) is 11.5 Å². The Labute approximate surface area is 217 Å². The molecule has 5 rings (SSSR count). The van der Waals surface area contributed by atoms with Gasteiger partial charge >= 0.3 is 0 Å².